The van der Waals surface area contributed by atoms with Crippen molar-refractivity contribution in [2.24, 2.45) is 0 Å². The molecule has 1 rings (SSSR count). The molecule has 206 valence electrons. The lowest BCUT2D eigenvalue weighted by Crippen LogP contribution is -2.44. The first-order valence-electron chi connectivity index (χ1n) is 9.59. The van der Waals surface area contributed by atoms with Crippen LogP contribution in [0.4, 0.5) is 26.3 Å². The van der Waals surface area contributed by atoms with Crippen LogP contribution in [-0.4, -0.2) is 58.0 Å². The van der Waals surface area contributed by atoms with E-state index in [1.54, 1.807) is 21.3 Å². The van der Waals surface area contributed by atoms with E-state index in [0.29, 0.717) is 0 Å². The quantitative estimate of drug-likeness (QED) is 0.250. The van der Waals surface area contributed by atoms with Gasteiger partial charge in [0.2, 0.25) is 0 Å². The third kappa shape index (κ3) is 10.3. The van der Waals surface area contributed by atoms with Crippen LogP contribution in [0.1, 0.15) is 32.8 Å². The van der Waals surface area contributed by atoms with Crippen LogP contribution in [-0.2, 0) is 45.3 Å². The summed E-state index contributed by atoms with van der Waals surface area (Å²) in [5.41, 5.74) is -10.9. The van der Waals surface area contributed by atoms with E-state index >= 15 is 0 Å². The van der Waals surface area contributed by atoms with Gasteiger partial charge in [-0.3, -0.25) is 0 Å². The fraction of sp³-hybridized carbons (Fsp3) is 0.706. The van der Waals surface area contributed by atoms with Crippen molar-refractivity contribution in [3.8, 4) is 0 Å². The molecular weight excluding hydrogens is 550 g/mol. The van der Waals surface area contributed by atoms with Crippen LogP contribution >= 0.6 is 0 Å². The SMILES string of the molecule is CO[Si](CCC[n+]1ccc(C(C)(C)C)cc1)(OC)OC.O=S(=O)([N-]S(=O)(=O)C(F)(F)F)C(F)(F)F. The zero-order valence-electron chi connectivity index (χ0n) is 19.8. The van der Waals surface area contributed by atoms with Gasteiger partial charge in [-0.25, -0.2) is 21.4 Å². The van der Waals surface area contributed by atoms with Crippen LogP contribution < -0.4 is 4.57 Å². The summed E-state index contributed by atoms with van der Waals surface area (Å²) in [5.74, 6) is 0. The van der Waals surface area contributed by atoms with Gasteiger partial charge in [-0.15, -0.1) is 0 Å². The predicted octanol–water partition coefficient (Wildman–Crippen LogP) is 3.60. The summed E-state index contributed by atoms with van der Waals surface area (Å²) in [5, 5.41) is 0. The van der Waals surface area contributed by atoms with Crippen molar-refractivity contribution in [1.29, 1.82) is 0 Å². The van der Waals surface area contributed by atoms with Gasteiger partial charge in [-0.05, 0) is 11.0 Å². The Morgan fingerprint density at radius 3 is 1.49 bits per heavy atom. The molecular formula is C17H28F6N2O7S2Si. The highest BCUT2D eigenvalue weighted by Crippen LogP contribution is 2.36. The van der Waals surface area contributed by atoms with Gasteiger partial charge >= 0.3 is 19.8 Å². The van der Waals surface area contributed by atoms with Crippen LogP contribution in [0.15, 0.2) is 24.5 Å². The molecule has 0 saturated carbocycles. The Kier molecular flexibility index (Phi) is 11.8. The number of aryl methyl sites for hydroxylation is 1. The summed E-state index contributed by atoms with van der Waals surface area (Å²) in [6.45, 7) is 7.61. The fourth-order valence-electron chi connectivity index (χ4n) is 2.35. The summed E-state index contributed by atoms with van der Waals surface area (Å²) in [4.78, 5) is 0. The van der Waals surface area contributed by atoms with Crippen LogP contribution in [0.5, 0.6) is 0 Å². The first-order valence-corrected chi connectivity index (χ1v) is 14.4. The first-order chi connectivity index (χ1) is 15.6. The Hall–Kier alpha value is -1.31. The first kappa shape index (κ1) is 33.7. The fourth-order valence-corrected chi connectivity index (χ4v) is 5.77. The van der Waals surface area contributed by atoms with Gasteiger partial charge in [0, 0.05) is 45.9 Å². The number of aromatic nitrogens is 1. The third-order valence-electron chi connectivity index (χ3n) is 4.37. The van der Waals surface area contributed by atoms with Gasteiger partial charge < -0.3 is 17.4 Å². The van der Waals surface area contributed by atoms with Crippen molar-refractivity contribution in [1.82, 2.24) is 0 Å². The zero-order valence-corrected chi connectivity index (χ0v) is 22.4. The third-order valence-corrected chi connectivity index (χ3v) is 9.94. The number of alkyl halides is 6. The number of rotatable bonds is 9. The maximum Gasteiger partial charge on any atom is 0.500 e. The van der Waals surface area contributed by atoms with E-state index in [1.165, 1.54) is 5.56 Å². The van der Waals surface area contributed by atoms with Gasteiger partial charge in [0.05, 0.1) is 0 Å². The summed E-state index contributed by atoms with van der Waals surface area (Å²) >= 11 is 0. The van der Waals surface area contributed by atoms with E-state index in [2.05, 4.69) is 49.9 Å². The Bertz CT molecular complexity index is 955. The average molecular weight is 579 g/mol. The molecule has 0 amide bonds. The van der Waals surface area contributed by atoms with Crippen LogP contribution in [0.25, 0.3) is 4.13 Å². The van der Waals surface area contributed by atoms with E-state index < -0.39 is 39.9 Å². The number of hydrogen-bond donors (Lipinski definition) is 0. The Balaban J connectivity index is 0.000000691. The van der Waals surface area contributed by atoms with E-state index in [0.717, 1.165) is 23.1 Å². The van der Waals surface area contributed by atoms with E-state index in [4.69, 9.17) is 13.3 Å². The molecule has 1 aromatic rings. The minimum atomic E-state index is -6.72. The lowest BCUT2D eigenvalue weighted by Gasteiger charge is -2.23. The van der Waals surface area contributed by atoms with Crippen LogP contribution in [0, 0.1) is 0 Å². The number of pyridine rings is 1. The molecule has 0 radical (unpaired) electrons. The molecule has 0 aliphatic heterocycles. The minimum Gasteiger partial charge on any atom is -0.421 e. The molecule has 0 N–H and O–H groups in total. The predicted molar refractivity (Wildman–Crippen MR) is 115 cm³/mol. The molecule has 0 saturated heterocycles. The highest BCUT2D eigenvalue weighted by molar-refractivity contribution is 8.13. The average Bonchev–Trinajstić information content (AvgIpc) is 2.69. The molecule has 9 nitrogen and oxygen atoms in total. The largest absolute Gasteiger partial charge is 0.500 e. The summed E-state index contributed by atoms with van der Waals surface area (Å²) in [7, 11) is -10.9. The molecule has 0 aliphatic carbocycles. The Morgan fingerprint density at radius 2 is 1.20 bits per heavy atom. The second-order valence-electron chi connectivity index (χ2n) is 7.89. The molecule has 0 aromatic carbocycles. The lowest BCUT2D eigenvalue weighted by molar-refractivity contribution is -0.697. The van der Waals surface area contributed by atoms with Crippen molar-refractivity contribution in [3.63, 3.8) is 0 Å². The normalized spacial score (nSPS) is 13.8. The van der Waals surface area contributed by atoms with Crippen LogP contribution in [0.2, 0.25) is 6.04 Å². The van der Waals surface area contributed by atoms with Crippen molar-refractivity contribution in [2.45, 2.75) is 56.2 Å². The standard InChI is InChI=1S/C15H28NO3Si.C2F6NO4S2/c1-15(2,3)14-8-11-16(12-9-14)10-7-13-20(17-4,18-5)19-6;3-1(4,5)14(10,11)9-15(12,13)2(6,7)8/h8-9,11-12H,7,10,13H2,1-6H3;/q+1;-1. The maximum absolute atomic E-state index is 11.4. The molecule has 1 aromatic heterocycles. The molecule has 35 heavy (non-hydrogen) atoms. The highest BCUT2D eigenvalue weighted by Gasteiger charge is 2.47. The lowest BCUT2D eigenvalue weighted by atomic mass is 9.88. The monoisotopic (exact) mass is 578 g/mol. The second-order valence-corrected chi connectivity index (χ2v) is 14.4. The molecule has 0 fully saturated rings. The number of sulfonamides is 2. The number of hydrogen-bond acceptors (Lipinski definition) is 7. The van der Waals surface area contributed by atoms with Crippen LogP contribution in [0.3, 0.4) is 0 Å². The van der Waals surface area contributed by atoms with Crippen molar-refractivity contribution in [2.75, 3.05) is 21.3 Å². The molecule has 0 bridgehead atoms. The van der Waals surface area contributed by atoms with Crippen molar-refractivity contribution in [3.05, 3.63) is 34.2 Å². The number of halogens is 6. The molecule has 1 heterocycles. The Morgan fingerprint density at radius 1 is 0.829 bits per heavy atom. The summed E-state index contributed by atoms with van der Waals surface area (Å²) in [6.07, 6.45) is 5.24. The van der Waals surface area contributed by atoms with E-state index in [9.17, 15) is 43.2 Å². The maximum atomic E-state index is 11.4. The molecule has 0 atom stereocenters. The molecule has 0 unspecified atom stereocenters. The van der Waals surface area contributed by atoms with E-state index in [-0.39, 0.29) is 5.41 Å². The van der Waals surface area contributed by atoms with E-state index in [1.807, 2.05) is 0 Å². The minimum absolute atomic E-state index is 0.198. The van der Waals surface area contributed by atoms with Crippen molar-refractivity contribution < 1.29 is 61.0 Å². The summed E-state index contributed by atoms with van der Waals surface area (Å²) in [6, 6.07) is 5.20. The van der Waals surface area contributed by atoms with Gasteiger partial charge in [0.25, 0.3) is 0 Å². The van der Waals surface area contributed by atoms with Gasteiger partial charge in [0.15, 0.2) is 32.4 Å². The smallest absolute Gasteiger partial charge is 0.421 e. The van der Waals surface area contributed by atoms with Gasteiger partial charge in [-0.1, -0.05) is 20.8 Å². The topological polar surface area (TPSA) is 114 Å². The molecule has 0 aliphatic rings. The molecule has 18 heteroatoms. The number of nitrogens with zero attached hydrogens (tertiary/aromatic N) is 2. The van der Waals surface area contributed by atoms with Crippen molar-refractivity contribution >= 4 is 28.9 Å². The Labute approximate surface area is 201 Å². The second kappa shape index (κ2) is 12.3. The van der Waals surface area contributed by atoms with Gasteiger partial charge in [-0.2, -0.15) is 26.3 Å². The van der Waals surface area contributed by atoms with Gasteiger partial charge in [0.1, 0.15) is 6.54 Å². The zero-order chi connectivity index (χ0) is 27.9. The summed E-state index contributed by atoms with van der Waals surface area (Å²) < 4.78 is 128. The highest BCUT2D eigenvalue weighted by atomic mass is 32.3. The molecule has 0 spiro atoms.